The molecule has 0 saturated carbocycles. The van der Waals surface area contributed by atoms with Gasteiger partial charge in [0, 0.05) is 25.6 Å². The standard InChI is InChI=1S/C31H34N2O3.H2/c1-5-22-12-14-23(15-13-22)19-32-30(34)28-26-17-16-25(31(35)36-6-2)18-27(26)33(29(28)21(3)4)20-24-10-8-7-9-11-24;/h7-18,21H,5-6,19-20H2,1-4H3,(H,32,34);1H. The highest BCUT2D eigenvalue weighted by Gasteiger charge is 2.25. The fourth-order valence-corrected chi connectivity index (χ4v) is 4.65. The van der Waals surface area contributed by atoms with Gasteiger partial charge in [0.25, 0.3) is 5.91 Å². The quantitative estimate of drug-likeness (QED) is 0.268. The molecule has 4 rings (SSSR count). The Morgan fingerprint density at radius 2 is 1.61 bits per heavy atom. The SMILES string of the molecule is CCOC(=O)c1ccc2c(C(=O)NCc3ccc(CC)cc3)c(C(C)C)n(Cc3ccccc3)c2c1.[HH]. The van der Waals surface area contributed by atoms with Crippen molar-refractivity contribution < 1.29 is 15.8 Å². The van der Waals surface area contributed by atoms with Crippen LogP contribution in [-0.4, -0.2) is 23.1 Å². The molecule has 0 spiro atoms. The van der Waals surface area contributed by atoms with E-state index < -0.39 is 0 Å². The molecule has 0 aliphatic carbocycles. The van der Waals surface area contributed by atoms with Gasteiger partial charge in [-0.2, -0.15) is 0 Å². The third-order valence-corrected chi connectivity index (χ3v) is 6.46. The number of benzene rings is 3. The van der Waals surface area contributed by atoms with Gasteiger partial charge in [-0.1, -0.05) is 81.4 Å². The molecule has 0 radical (unpaired) electrons. The van der Waals surface area contributed by atoms with E-state index in [9.17, 15) is 9.59 Å². The summed E-state index contributed by atoms with van der Waals surface area (Å²) in [6.45, 7) is 9.48. The van der Waals surface area contributed by atoms with Crippen LogP contribution >= 0.6 is 0 Å². The lowest BCUT2D eigenvalue weighted by atomic mass is 10.0. The van der Waals surface area contributed by atoms with Crippen LogP contribution < -0.4 is 5.32 Å². The molecule has 0 aliphatic heterocycles. The van der Waals surface area contributed by atoms with Gasteiger partial charge in [-0.15, -0.1) is 0 Å². The maximum atomic E-state index is 13.7. The Hall–Kier alpha value is -3.86. The Bertz CT molecular complexity index is 1360. The minimum Gasteiger partial charge on any atom is -0.462 e. The summed E-state index contributed by atoms with van der Waals surface area (Å²) in [7, 11) is 0. The summed E-state index contributed by atoms with van der Waals surface area (Å²) in [6.07, 6.45) is 0.985. The summed E-state index contributed by atoms with van der Waals surface area (Å²) in [5.41, 5.74) is 6.41. The topological polar surface area (TPSA) is 60.3 Å². The fraction of sp³-hybridized carbons (Fsp3) is 0.290. The Balaban J connectivity index is 0.00000380. The van der Waals surface area contributed by atoms with Crippen LogP contribution in [0.3, 0.4) is 0 Å². The summed E-state index contributed by atoms with van der Waals surface area (Å²) in [4.78, 5) is 26.2. The lowest BCUT2D eigenvalue weighted by molar-refractivity contribution is 0.0526. The van der Waals surface area contributed by atoms with E-state index in [1.54, 1.807) is 13.0 Å². The van der Waals surface area contributed by atoms with Gasteiger partial charge in [0.15, 0.2) is 0 Å². The van der Waals surface area contributed by atoms with Gasteiger partial charge >= 0.3 is 5.97 Å². The summed E-state index contributed by atoms with van der Waals surface area (Å²) in [6, 6.07) is 24.0. The molecule has 0 unspecified atom stereocenters. The predicted molar refractivity (Wildman–Crippen MR) is 147 cm³/mol. The molecule has 0 fully saturated rings. The Kier molecular flexibility index (Phi) is 7.89. The number of nitrogens with one attached hydrogen (secondary N) is 1. The molecule has 1 N–H and O–H groups in total. The second kappa shape index (κ2) is 11.3. The molecule has 0 saturated heterocycles. The maximum absolute atomic E-state index is 13.7. The summed E-state index contributed by atoms with van der Waals surface area (Å²) < 4.78 is 7.41. The monoisotopic (exact) mass is 484 g/mol. The van der Waals surface area contributed by atoms with Crippen molar-refractivity contribution >= 4 is 22.8 Å². The molecule has 3 aromatic carbocycles. The number of aryl methyl sites for hydroxylation is 1. The van der Waals surface area contributed by atoms with E-state index in [1.807, 2.05) is 30.3 Å². The third kappa shape index (κ3) is 5.35. The molecule has 0 aliphatic rings. The highest BCUT2D eigenvalue weighted by molar-refractivity contribution is 6.10. The van der Waals surface area contributed by atoms with Crippen LogP contribution in [0, 0.1) is 0 Å². The zero-order valence-electron chi connectivity index (χ0n) is 21.5. The number of hydrogen-bond donors (Lipinski definition) is 1. The zero-order valence-corrected chi connectivity index (χ0v) is 21.5. The molecule has 4 aromatic rings. The molecule has 1 aromatic heterocycles. The van der Waals surface area contributed by atoms with E-state index in [4.69, 9.17) is 4.74 Å². The van der Waals surface area contributed by atoms with Crippen molar-refractivity contribution in [3.05, 3.63) is 106 Å². The summed E-state index contributed by atoms with van der Waals surface area (Å²) >= 11 is 0. The number of carbonyl (C=O) groups is 2. The number of amides is 1. The molecular formula is C31H36N2O3. The average Bonchev–Trinajstić information content (AvgIpc) is 3.22. The van der Waals surface area contributed by atoms with E-state index in [0.717, 1.165) is 34.1 Å². The van der Waals surface area contributed by atoms with Crippen molar-refractivity contribution in [3.8, 4) is 0 Å². The first-order valence-electron chi connectivity index (χ1n) is 12.7. The molecule has 0 bridgehead atoms. The van der Waals surface area contributed by atoms with Gasteiger partial charge in [0.2, 0.25) is 0 Å². The minimum atomic E-state index is -0.362. The Morgan fingerprint density at radius 3 is 2.25 bits per heavy atom. The molecule has 5 nitrogen and oxygen atoms in total. The van der Waals surface area contributed by atoms with Crippen LogP contribution in [0.15, 0.2) is 72.8 Å². The highest BCUT2D eigenvalue weighted by Crippen LogP contribution is 2.33. The summed E-state index contributed by atoms with van der Waals surface area (Å²) in [5.74, 6) is -0.379. The fourth-order valence-electron chi connectivity index (χ4n) is 4.65. The first kappa shape index (κ1) is 25.2. The number of esters is 1. The van der Waals surface area contributed by atoms with E-state index in [0.29, 0.717) is 30.8 Å². The first-order chi connectivity index (χ1) is 17.4. The average molecular weight is 485 g/mol. The van der Waals surface area contributed by atoms with Crippen LogP contribution in [0.25, 0.3) is 10.9 Å². The normalized spacial score (nSPS) is 11.1. The van der Waals surface area contributed by atoms with Crippen LogP contribution in [0.4, 0.5) is 0 Å². The largest absolute Gasteiger partial charge is 0.462 e. The zero-order chi connectivity index (χ0) is 25.7. The van der Waals surface area contributed by atoms with Crippen molar-refractivity contribution in [1.29, 1.82) is 0 Å². The number of aromatic nitrogens is 1. The number of rotatable bonds is 9. The highest BCUT2D eigenvalue weighted by atomic mass is 16.5. The Morgan fingerprint density at radius 1 is 0.917 bits per heavy atom. The maximum Gasteiger partial charge on any atom is 0.338 e. The smallest absolute Gasteiger partial charge is 0.338 e. The minimum absolute atomic E-state index is 0. The lowest BCUT2D eigenvalue weighted by Crippen LogP contribution is -2.24. The first-order valence-corrected chi connectivity index (χ1v) is 12.7. The summed E-state index contributed by atoms with van der Waals surface area (Å²) in [5, 5.41) is 3.97. The number of nitrogens with zero attached hydrogens (tertiary/aromatic N) is 1. The van der Waals surface area contributed by atoms with E-state index in [-0.39, 0.29) is 19.2 Å². The van der Waals surface area contributed by atoms with Crippen molar-refractivity contribution in [2.45, 2.75) is 53.1 Å². The van der Waals surface area contributed by atoms with Gasteiger partial charge in [0.1, 0.15) is 0 Å². The number of ether oxygens (including phenoxy) is 1. The van der Waals surface area contributed by atoms with Crippen LogP contribution in [0.5, 0.6) is 0 Å². The van der Waals surface area contributed by atoms with Crippen LogP contribution in [0.2, 0.25) is 0 Å². The van der Waals surface area contributed by atoms with Crippen LogP contribution in [-0.2, 0) is 24.2 Å². The molecule has 36 heavy (non-hydrogen) atoms. The number of hydrogen-bond acceptors (Lipinski definition) is 3. The molecule has 1 heterocycles. The van der Waals surface area contributed by atoms with Crippen molar-refractivity contribution in [2.24, 2.45) is 0 Å². The van der Waals surface area contributed by atoms with Gasteiger partial charge < -0.3 is 14.6 Å². The molecule has 0 atom stereocenters. The third-order valence-electron chi connectivity index (χ3n) is 6.46. The molecule has 5 heteroatoms. The predicted octanol–water partition coefficient (Wildman–Crippen LogP) is 6.73. The lowest BCUT2D eigenvalue weighted by Gasteiger charge is -2.16. The molecular weight excluding hydrogens is 448 g/mol. The molecule has 1 amide bonds. The second-order valence-electron chi connectivity index (χ2n) is 9.29. The number of carbonyl (C=O) groups excluding carboxylic acids is 2. The van der Waals surface area contributed by atoms with E-state index >= 15 is 0 Å². The van der Waals surface area contributed by atoms with E-state index in [1.165, 1.54) is 5.56 Å². The number of fused-ring (bicyclic) bond motifs is 1. The van der Waals surface area contributed by atoms with Gasteiger partial charge in [-0.25, -0.2) is 4.79 Å². The van der Waals surface area contributed by atoms with Gasteiger partial charge in [-0.05, 0) is 48.1 Å². The van der Waals surface area contributed by atoms with Gasteiger partial charge in [0.05, 0.1) is 23.3 Å². The van der Waals surface area contributed by atoms with Crippen molar-refractivity contribution in [2.75, 3.05) is 6.61 Å². The van der Waals surface area contributed by atoms with E-state index in [2.05, 4.69) is 67.1 Å². The molecule has 188 valence electrons. The van der Waals surface area contributed by atoms with Crippen LogP contribution in [0.1, 0.15) is 78.1 Å². The Labute approximate surface area is 214 Å². The van der Waals surface area contributed by atoms with Crippen molar-refractivity contribution in [1.82, 2.24) is 9.88 Å². The second-order valence-corrected chi connectivity index (χ2v) is 9.29. The van der Waals surface area contributed by atoms with Crippen molar-refractivity contribution in [3.63, 3.8) is 0 Å². The van der Waals surface area contributed by atoms with Gasteiger partial charge in [-0.3, -0.25) is 4.79 Å².